The summed E-state index contributed by atoms with van der Waals surface area (Å²) in [6.07, 6.45) is 1.48. The van der Waals surface area contributed by atoms with Gasteiger partial charge in [0.25, 0.3) is 0 Å². The second kappa shape index (κ2) is 8.38. The molecule has 1 aliphatic heterocycles. The molecule has 1 aliphatic rings. The lowest BCUT2D eigenvalue weighted by Gasteiger charge is -2.36. The molecular formula is C19H21ClN6OS. The summed E-state index contributed by atoms with van der Waals surface area (Å²) in [5.41, 5.74) is 6.58. The molecule has 146 valence electrons. The smallest absolute Gasteiger partial charge is 0.220 e. The Labute approximate surface area is 172 Å². The standard InChI is InChI=1S/C19H21ClN6OS/c20-15-5-3-13(4-6-15)17(25-9-7-14(8-10-25)18(21)27)19-22-23-24-26(19)12-16-2-1-11-28-16/h1-6,11,14,17H,7-10,12H2,(H2,21,27). The second-order valence-electron chi connectivity index (χ2n) is 6.94. The quantitative estimate of drug-likeness (QED) is 0.667. The van der Waals surface area contributed by atoms with E-state index < -0.39 is 0 Å². The van der Waals surface area contributed by atoms with Crippen LogP contribution in [0.4, 0.5) is 0 Å². The first-order valence-corrected chi connectivity index (χ1v) is 10.4. The third-order valence-corrected chi connectivity index (χ3v) is 6.29. The number of hydrogen-bond acceptors (Lipinski definition) is 6. The van der Waals surface area contributed by atoms with Crippen LogP contribution in [0.2, 0.25) is 5.02 Å². The average molecular weight is 417 g/mol. The topological polar surface area (TPSA) is 89.9 Å². The van der Waals surface area contributed by atoms with Crippen molar-refractivity contribution in [3.8, 4) is 0 Å². The van der Waals surface area contributed by atoms with Gasteiger partial charge in [0.1, 0.15) is 0 Å². The van der Waals surface area contributed by atoms with Gasteiger partial charge in [-0.25, -0.2) is 4.68 Å². The van der Waals surface area contributed by atoms with Gasteiger partial charge in [-0.05, 0) is 65.5 Å². The van der Waals surface area contributed by atoms with E-state index in [0.29, 0.717) is 11.6 Å². The summed E-state index contributed by atoms with van der Waals surface area (Å²) in [5.74, 6) is 0.503. The van der Waals surface area contributed by atoms with E-state index in [-0.39, 0.29) is 17.9 Å². The van der Waals surface area contributed by atoms with Gasteiger partial charge in [0, 0.05) is 15.8 Å². The number of nitrogens with zero attached hydrogens (tertiary/aromatic N) is 5. The van der Waals surface area contributed by atoms with E-state index in [4.69, 9.17) is 17.3 Å². The molecule has 2 N–H and O–H groups in total. The number of thiophene rings is 1. The molecule has 1 fully saturated rings. The van der Waals surface area contributed by atoms with Crippen LogP contribution in [0.5, 0.6) is 0 Å². The number of benzene rings is 1. The number of aromatic nitrogens is 4. The van der Waals surface area contributed by atoms with E-state index in [0.717, 1.165) is 37.3 Å². The van der Waals surface area contributed by atoms with Crippen LogP contribution in [0.25, 0.3) is 0 Å². The van der Waals surface area contributed by atoms with Gasteiger partial charge in [0.2, 0.25) is 5.91 Å². The Morgan fingerprint density at radius 3 is 2.64 bits per heavy atom. The molecule has 3 aromatic rings. The first-order chi connectivity index (χ1) is 13.6. The monoisotopic (exact) mass is 416 g/mol. The largest absolute Gasteiger partial charge is 0.369 e. The highest BCUT2D eigenvalue weighted by Crippen LogP contribution is 2.32. The Hall–Kier alpha value is -2.29. The number of rotatable bonds is 6. The average Bonchev–Trinajstić information content (AvgIpc) is 3.37. The maximum atomic E-state index is 11.6. The lowest BCUT2D eigenvalue weighted by molar-refractivity contribution is -0.123. The zero-order valence-electron chi connectivity index (χ0n) is 15.2. The third kappa shape index (κ3) is 4.09. The third-order valence-electron chi connectivity index (χ3n) is 5.17. The van der Waals surface area contributed by atoms with Gasteiger partial charge in [0.05, 0.1) is 12.6 Å². The molecule has 4 rings (SSSR count). The van der Waals surface area contributed by atoms with Crippen molar-refractivity contribution in [3.05, 3.63) is 63.1 Å². The fourth-order valence-electron chi connectivity index (χ4n) is 3.68. The Balaban J connectivity index is 1.65. The van der Waals surface area contributed by atoms with Crippen LogP contribution in [0.15, 0.2) is 41.8 Å². The number of halogens is 1. The minimum atomic E-state index is -0.217. The number of primary amides is 1. The van der Waals surface area contributed by atoms with Gasteiger partial charge >= 0.3 is 0 Å². The summed E-state index contributed by atoms with van der Waals surface area (Å²) < 4.78 is 1.85. The zero-order chi connectivity index (χ0) is 19.5. The number of nitrogens with two attached hydrogens (primary N) is 1. The molecular weight excluding hydrogens is 396 g/mol. The molecule has 9 heteroatoms. The minimum Gasteiger partial charge on any atom is -0.369 e. The highest BCUT2D eigenvalue weighted by molar-refractivity contribution is 7.09. The first kappa shape index (κ1) is 19.0. The van der Waals surface area contributed by atoms with Crippen LogP contribution in [-0.2, 0) is 11.3 Å². The van der Waals surface area contributed by atoms with Gasteiger partial charge in [-0.15, -0.1) is 16.4 Å². The number of likely N-dealkylation sites (tertiary alicyclic amines) is 1. The Morgan fingerprint density at radius 2 is 2.00 bits per heavy atom. The van der Waals surface area contributed by atoms with Gasteiger partial charge < -0.3 is 5.73 Å². The van der Waals surface area contributed by atoms with Crippen LogP contribution in [0.1, 0.15) is 35.1 Å². The molecule has 2 aromatic heterocycles. The summed E-state index contributed by atoms with van der Waals surface area (Å²) >= 11 is 7.78. The normalized spacial score (nSPS) is 16.9. The molecule has 1 amide bonds. The molecule has 0 aliphatic carbocycles. The van der Waals surface area contributed by atoms with E-state index in [9.17, 15) is 4.79 Å². The fourth-order valence-corrected chi connectivity index (χ4v) is 4.49. The maximum absolute atomic E-state index is 11.6. The minimum absolute atomic E-state index is 0.0655. The molecule has 1 atom stereocenters. The fraction of sp³-hybridized carbons (Fsp3) is 0.368. The number of hydrogen-bond donors (Lipinski definition) is 1. The number of piperidine rings is 1. The van der Waals surface area contributed by atoms with Crippen molar-refractivity contribution in [2.45, 2.75) is 25.4 Å². The van der Waals surface area contributed by atoms with Gasteiger partial charge in [-0.2, -0.15) is 0 Å². The van der Waals surface area contributed by atoms with E-state index >= 15 is 0 Å². The maximum Gasteiger partial charge on any atom is 0.220 e. The predicted octanol–water partition coefficient (Wildman–Crippen LogP) is 2.72. The van der Waals surface area contributed by atoms with Gasteiger partial charge in [-0.3, -0.25) is 9.69 Å². The summed E-state index contributed by atoms with van der Waals surface area (Å²) in [5, 5.41) is 15.3. The molecule has 3 heterocycles. The second-order valence-corrected chi connectivity index (χ2v) is 8.41. The highest BCUT2D eigenvalue weighted by Gasteiger charge is 2.32. The molecule has 1 saturated heterocycles. The SMILES string of the molecule is NC(=O)C1CCN(C(c2ccc(Cl)cc2)c2nnnn2Cc2cccs2)CC1. The van der Waals surface area contributed by atoms with Crippen molar-refractivity contribution in [3.63, 3.8) is 0 Å². The van der Waals surface area contributed by atoms with Crippen LogP contribution >= 0.6 is 22.9 Å². The number of carbonyl (C=O) groups is 1. The summed E-state index contributed by atoms with van der Waals surface area (Å²) in [6, 6.07) is 11.8. The highest BCUT2D eigenvalue weighted by atomic mass is 35.5. The van der Waals surface area contributed by atoms with Crippen LogP contribution in [-0.4, -0.2) is 44.1 Å². The van der Waals surface area contributed by atoms with Gasteiger partial charge in [-0.1, -0.05) is 29.8 Å². The van der Waals surface area contributed by atoms with Crippen LogP contribution < -0.4 is 5.73 Å². The van der Waals surface area contributed by atoms with E-state index in [1.54, 1.807) is 11.3 Å². The van der Waals surface area contributed by atoms with Crippen LogP contribution in [0, 0.1) is 5.92 Å². The molecule has 0 spiro atoms. The van der Waals surface area contributed by atoms with Crippen molar-refractivity contribution in [1.29, 1.82) is 0 Å². The first-order valence-electron chi connectivity index (χ1n) is 9.19. The van der Waals surface area contributed by atoms with Gasteiger partial charge in [0.15, 0.2) is 5.82 Å². The Bertz CT molecular complexity index is 918. The van der Waals surface area contributed by atoms with Crippen molar-refractivity contribution >= 4 is 28.8 Å². The molecule has 0 saturated carbocycles. The van der Waals surface area contributed by atoms with Crippen LogP contribution in [0.3, 0.4) is 0 Å². The van der Waals surface area contributed by atoms with Crippen molar-refractivity contribution < 1.29 is 4.79 Å². The number of tetrazole rings is 1. The molecule has 0 radical (unpaired) electrons. The van der Waals surface area contributed by atoms with E-state index in [1.165, 1.54) is 4.88 Å². The van der Waals surface area contributed by atoms with E-state index in [1.807, 2.05) is 40.4 Å². The number of amides is 1. The van der Waals surface area contributed by atoms with Crippen molar-refractivity contribution in [1.82, 2.24) is 25.1 Å². The lowest BCUT2D eigenvalue weighted by Crippen LogP contribution is -2.41. The number of carbonyl (C=O) groups excluding carboxylic acids is 1. The molecule has 1 unspecified atom stereocenters. The Morgan fingerprint density at radius 1 is 1.25 bits per heavy atom. The van der Waals surface area contributed by atoms with Crippen molar-refractivity contribution in [2.24, 2.45) is 11.7 Å². The molecule has 7 nitrogen and oxygen atoms in total. The Kier molecular flexibility index (Phi) is 5.70. The molecule has 28 heavy (non-hydrogen) atoms. The summed E-state index contributed by atoms with van der Waals surface area (Å²) in [7, 11) is 0. The zero-order valence-corrected chi connectivity index (χ0v) is 16.8. The summed E-state index contributed by atoms with van der Waals surface area (Å²) in [4.78, 5) is 15.1. The molecule has 1 aromatic carbocycles. The summed E-state index contributed by atoms with van der Waals surface area (Å²) in [6.45, 7) is 2.14. The lowest BCUT2D eigenvalue weighted by atomic mass is 9.93. The van der Waals surface area contributed by atoms with Crippen molar-refractivity contribution in [2.75, 3.05) is 13.1 Å². The molecule has 0 bridgehead atoms. The van der Waals surface area contributed by atoms with E-state index in [2.05, 4.69) is 26.5 Å². The predicted molar refractivity (Wildman–Crippen MR) is 108 cm³/mol.